The molecule has 1 fully saturated rings. The maximum atomic E-state index is 13.7. The van der Waals surface area contributed by atoms with Crippen LogP contribution in [0.1, 0.15) is 47.7 Å². The molecule has 1 N–H and O–H groups in total. The van der Waals surface area contributed by atoms with Gasteiger partial charge >= 0.3 is 0 Å². The monoisotopic (exact) mass is 532 g/mol. The van der Waals surface area contributed by atoms with Crippen LogP contribution in [0.4, 0.5) is 0 Å². The summed E-state index contributed by atoms with van der Waals surface area (Å²) in [4.78, 5) is 15.6. The van der Waals surface area contributed by atoms with Crippen molar-refractivity contribution in [3.8, 4) is 0 Å². The van der Waals surface area contributed by atoms with Crippen LogP contribution in [-0.4, -0.2) is 33.0 Å². The van der Waals surface area contributed by atoms with Crippen LogP contribution in [0.3, 0.4) is 0 Å². The molecule has 1 aliphatic heterocycles. The molecule has 182 valence electrons. The molecule has 1 aliphatic rings. The highest BCUT2D eigenvalue weighted by molar-refractivity contribution is 8.93. The normalized spacial score (nSPS) is 14.8. The van der Waals surface area contributed by atoms with Gasteiger partial charge in [0.05, 0.1) is 17.1 Å². The number of para-hydroxylation sites is 2. The summed E-state index contributed by atoms with van der Waals surface area (Å²) in [7, 11) is 0. The summed E-state index contributed by atoms with van der Waals surface area (Å²) >= 11 is 0. The molecule has 1 aromatic heterocycles. The molecule has 35 heavy (non-hydrogen) atoms. The molecular formula is C29H33BrN4O. The van der Waals surface area contributed by atoms with E-state index >= 15 is 0 Å². The third-order valence-electron chi connectivity index (χ3n) is 7.12. The fraction of sp³-hybridized carbons (Fsp3) is 0.310. The van der Waals surface area contributed by atoms with Crippen LogP contribution in [0.15, 0.2) is 72.8 Å². The molecule has 2 heterocycles. The zero-order valence-electron chi connectivity index (χ0n) is 20.6. The van der Waals surface area contributed by atoms with Crippen molar-refractivity contribution in [1.82, 2.24) is 14.0 Å². The van der Waals surface area contributed by atoms with Gasteiger partial charge in [0.25, 0.3) is 0 Å². The number of nitrogens with one attached hydrogen (secondary N) is 1. The highest BCUT2D eigenvalue weighted by Crippen LogP contribution is 2.28. The second kappa shape index (κ2) is 10.2. The second-order valence-electron chi connectivity index (χ2n) is 9.52. The van der Waals surface area contributed by atoms with Gasteiger partial charge in [-0.25, -0.2) is 0 Å². The van der Waals surface area contributed by atoms with E-state index in [2.05, 4.69) is 79.9 Å². The van der Waals surface area contributed by atoms with Crippen molar-refractivity contribution in [2.75, 3.05) is 13.1 Å². The molecule has 2 unspecified atom stereocenters. The fourth-order valence-electron chi connectivity index (χ4n) is 4.90. The molecule has 2 atom stereocenters. The molecule has 4 aromatic rings. The quantitative estimate of drug-likeness (QED) is 0.338. The predicted molar refractivity (Wildman–Crippen MR) is 146 cm³/mol. The molecule has 0 bridgehead atoms. The Morgan fingerprint density at radius 3 is 1.94 bits per heavy atom. The number of likely N-dealkylation sites (tertiary alicyclic amines) is 1. The molecule has 1 saturated heterocycles. The summed E-state index contributed by atoms with van der Waals surface area (Å²) < 4.78 is 4.02. The van der Waals surface area contributed by atoms with E-state index in [-0.39, 0.29) is 28.9 Å². The maximum Gasteiger partial charge on any atom is 0.246 e. The summed E-state index contributed by atoms with van der Waals surface area (Å²) in [6, 6.07) is 24.5. The van der Waals surface area contributed by atoms with Crippen LogP contribution < -0.4 is 5.62 Å². The zero-order chi connectivity index (χ0) is 23.8. The number of nitrogens with zero attached hydrogens (tertiary/aromatic N) is 3. The van der Waals surface area contributed by atoms with Gasteiger partial charge in [-0.1, -0.05) is 71.8 Å². The van der Waals surface area contributed by atoms with E-state index in [0.29, 0.717) is 12.0 Å². The summed E-state index contributed by atoms with van der Waals surface area (Å²) in [5.41, 5.74) is 6.94. The van der Waals surface area contributed by atoms with Gasteiger partial charge in [0.1, 0.15) is 6.04 Å². The van der Waals surface area contributed by atoms with E-state index in [4.69, 9.17) is 0 Å². The highest BCUT2D eigenvalue weighted by atomic mass is 79.9. The number of aryl methyl sites for hydroxylation is 2. The number of hydrogen-bond acceptors (Lipinski definition) is 2. The van der Waals surface area contributed by atoms with Crippen LogP contribution in [0, 0.1) is 19.3 Å². The summed E-state index contributed by atoms with van der Waals surface area (Å²) in [6.45, 7) is 7.89. The van der Waals surface area contributed by atoms with Crippen molar-refractivity contribution in [3.63, 3.8) is 0 Å². The van der Waals surface area contributed by atoms with E-state index in [0.717, 1.165) is 41.7 Å². The van der Waals surface area contributed by atoms with Crippen LogP contribution in [0.5, 0.6) is 0 Å². The largest absolute Gasteiger partial charge is 0.341 e. The Bertz CT molecular complexity index is 1380. The van der Waals surface area contributed by atoms with E-state index in [1.54, 1.807) is 0 Å². The number of halogens is 1. The van der Waals surface area contributed by atoms with Crippen molar-refractivity contribution < 1.29 is 4.79 Å². The summed E-state index contributed by atoms with van der Waals surface area (Å²) in [6.07, 6.45) is 1.62. The van der Waals surface area contributed by atoms with Gasteiger partial charge < -0.3 is 9.47 Å². The first kappa shape index (κ1) is 25.0. The van der Waals surface area contributed by atoms with E-state index in [1.165, 1.54) is 11.1 Å². The average molecular weight is 534 g/mol. The third-order valence-corrected chi connectivity index (χ3v) is 7.12. The Morgan fingerprint density at radius 1 is 0.857 bits per heavy atom. The van der Waals surface area contributed by atoms with E-state index in [1.807, 2.05) is 27.7 Å². The minimum absolute atomic E-state index is 0. The second-order valence-corrected chi connectivity index (χ2v) is 9.52. The van der Waals surface area contributed by atoms with Crippen molar-refractivity contribution in [2.45, 2.75) is 45.7 Å². The maximum absolute atomic E-state index is 13.7. The first-order valence-electron chi connectivity index (χ1n) is 12.1. The number of carbonyl (C=O) groups excluding carboxylic acids is 1. The lowest BCUT2D eigenvalue weighted by Gasteiger charge is -2.34. The number of aromatic nitrogens is 2. The number of amides is 1. The van der Waals surface area contributed by atoms with Gasteiger partial charge in [0, 0.05) is 19.5 Å². The minimum atomic E-state index is -0.452. The lowest BCUT2D eigenvalue weighted by molar-refractivity contribution is -0.138. The van der Waals surface area contributed by atoms with Crippen LogP contribution in [0.25, 0.3) is 11.0 Å². The Balaban J connectivity index is 0.00000289. The SMILES string of the molecule is Br.Cc1ccc(CC(C(=O)N2CCC2)n2c(=N)n(C(C)c3ccc(C)cc3)c3ccccc32)cc1. The van der Waals surface area contributed by atoms with Gasteiger partial charge in [0.2, 0.25) is 11.5 Å². The van der Waals surface area contributed by atoms with Gasteiger partial charge in [-0.3, -0.25) is 14.8 Å². The third kappa shape index (κ3) is 4.72. The minimum Gasteiger partial charge on any atom is -0.341 e. The molecule has 5 nitrogen and oxygen atoms in total. The van der Waals surface area contributed by atoms with Crippen LogP contribution >= 0.6 is 17.0 Å². The molecule has 6 heteroatoms. The molecular weight excluding hydrogens is 500 g/mol. The number of hydrogen-bond donors (Lipinski definition) is 1. The summed E-state index contributed by atoms with van der Waals surface area (Å²) in [5, 5.41) is 9.29. The Kier molecular flexibility index (Phi) is 7.31. The number of imidazole rings is 1. The topological polar surface area (TPSA) is 54.0 Å². The van der Waals surface area contributed by atoms with E-state index in [9.17, 15) is 10.2 Å². The lowest BCUT2D eigenvalue weighted by atomic mass is 10.0. The molecule has 0 aliphatic carbocycles. The average Bonchev–Trinajstić information content (AvgIpc) is 3.09. The Hall–Kier alpha value is -3.12. The van der Waals surface area contributed by atoms with Gasteiger partial charge in [0.15, 0.2) is 0 Å². The van der Waals surface area contributed by atoms with Crippen LogP contribution in [-0.2, 0) is 11.2 Å². The van der Waals surface area contributed by atoms with Crippen molar-refractivity contribution in [1.29, 1.82) is 5.41 Å². The standard InChI is InChI=1S/C29H32N4O.BrH/c1-20-9-13-23(14-10-20)19-27(28(34)31-17-6-18-31)33-26-8-5-4-7-25(26)32(29(33)30)22(3)24-15-11-21(2)12-16-24;/h4-5,7-16,22,27,30H,6,17-19H2,1-3H3;1H. The van der Waals surface area contributed by atoms with Crippen molar-refractivity contribution >= 4 is 33.9 Å². The zero-order valence-corrected chi connectivity index (χ0v) is 22.3. The fourth-order valence-corrected chi connectivity index (χ4v) is 4.90. The number of fused-ring (bicyclic) bond motifs is 1. The van der Waals surface area contributed by atoms with E-state index < -0.39 is 6.04 Å². The molecule has 0 spiro atoms. The predicted octanol–water partition coefficient (Wildman–Crippen LogP) is 5.74. The smallest absolute Gasteiger partial charge is 0.246 e. The number of benzene rings is 3. The summed E-state index contributed by atoms with van der Waals surface area (Å²) in [5.74, 6) is 0.108. The van der Waals surface area contributed by atoms with Crippen LogP contribution in [0.2, 0.25) is 0 Å². The Morgan fingerprint density at radius 2 is 1.40 bits per heavy atom. The molecule has 5 rings (SSSR count). The van der Waals surface area contributed by atoms with Crippen molar-refractivity contribution in [3.05, 3.63) is 101 Å². The van der Waals surface area contributed by atoms with Gasteiger partial charge in [-0.15, -0.1) is 17.0 Å². The van der Waals surface area contributed by atoms with Crippen molar-refractivity contribution in [2.24, 2.45) is 0 Å². The molecule has 0 saturated carbocycles. The highest BCUT2D eigenvalue weighted by Gasteiger charge is 2.32. The number of carbonyl (C=O) groups is 1. The molecule has 0 radical (unpaired) electrons. The van der Waals surface area contributed by atoms with Gasteiger partial charge in [-0.05, 0) is 50.5 Å². The Labute approximate surface area is 217 Å². The molecule has 3 aromatic carbocycles. The van der Waals surface area contributed by atoms with Gasteiger partial charge in [-0.2, -0.15) is 0 Å². The first-order chi connectivity index (χ1) is 16.4. The molecule has 1 amide bonds. The number of rotatable bonds is 6. The lowest BCUT2D eigenvalue weighted by Crippen LogP contribution is -2.48. The first-order valence-corrected chi connectivity index (χ1v) is 12.1.